The van der Waals surface area contributed by atoms with Crippen LogP contribution < -0.4 is 0 Å². The van der Waals surface area contributed by atoms with Crippen LogP contribution in [0.4, 0.5) is 0 Å². The van der Waals surface area contributed by atoms with E-state index in [1.165, 1.54) is 4.90 Å². The lowest BCUT2D eigenvalue weighted by molar-refractivity contribution is -0.153. The third-order valence-electron chi connectivity index (χ3n) is 2.94. The van der Waals surface area contributed by atoms with Gasteiger partial charge in [0.2, 0.25) is 5.91 Å². The third kappa shape index (κ3) is 1.94. The number of carboxylic acid groups (broad SMARTS) is 1. The van der Waals surface area contributed by atoms with E-state index in [-0.39, 0.29) is 18.4 Å². The first-order valence-corrected chi connectivity index (χ1v) is 4.83. The molecule has 0 aliphatic heterocycles. The third-order valence-corrected chi connectivity index (χ3v) is 2.94. The Kier molecular flexibility index (Phi) is 2.98. The molecule has 1 saturated carbocycles. The summed E-state index contributed by atoms with van der Waals surface area (Å²) in [6, 6.07) is 1.73. The van der Waals surface area contributed by atoms with Crippen molar-refractivity contribution in [2.45, 2.75) is 32.2 Å². The molecule has 1 N–H and O–H groups in total. The predicted molar refractivity (Wildman–Crippen MR) is 51.8 cm³/mol. The van der Waals surface area contributed by atoms with Gasteiger partial charge in [-0.15, -0.1) is 0 Å². The molecule has 1 fully saturated rings. The Morgan fingerprint density at radius 3 is 2.47 bits per heavy atom. The average molecular weight is 210 g/mol. The van der Waals surface area contributed by atoms with E-state index in [9.17, 15) is 9.59 Å². The molecule has 0 saturated heterocycles. The summed E-state index contributed by atoms with van der Waals surface area (Å²) in [7, 11) is 1.55. The van der Waals surface area contributed by atoms with Gasteiger partial charge >= 0.3 is 5.97 Å². The summed E-state index contributed by atoms with van der Waals surface area (Å²) in [5.41, 5.74) is -1.20. The number of nitriles is 1. The summed E-state index contributed by atoms with van der Waals surface area (Å²) in [5, 5.41) is 17.4. The molecule has 1 rings (SSSR count). The number of hydrogen-bond donors (Lipinski definition) is 1. The Morgan fingerprint density at radius 1 is 1.60 bits per heavy atom. The van der Waals surface area contributed by atoms with Gasteiger partial charge in [0.15, 0.2) is 0 Å². The minimum atomic E-state index is -1.20. The molecule has 0 aromatic carbocycles. The van der Waals surface area contributed by atoms with Crippen LogP contribution in [-0.4, -0.2) is 35.0 Å². The molecule has 15 heavy (non-hydrogen) atoms. The van der Waals surface area contributed by atoms with E-state index >= 15 is 0 Å². The molecule has 82 valence electrons. The Labute approximate surface area is 88.3 Å². The molecule has 5 heteroatoms. The molecule has 1 aliphatic carbocycles. The second kappa shape index (κ2) is 3.89. The van der Waals surface area contributed by atoms with E-state index in [0.717, 1.165) is 0 Å². The van der Waals surface area contributed by atoms with Gasteiger partial charge in [-0.05, 0) is 19.8 Å². The van der Waals surface area contributed by atoms with Gasteiger partial charge in [-0.3, -0.25) is 9.59 Å². The van der Waals surface area contributed by atoms with E-state index in [2.05, 4.69) is 0 Å². The van der Waals surface area contributed by atoms with E-state index in [1.807, 2.05) is 6.07 Å². The molecule has 1 unspecified atom stereocenters. The molecule has 0 radical (unpaired) electrons. The maximum atomic E-state index is 11.8. The summed E-state index contributed by atoms with van der Waals surface area (Å²) < 4.78 is 0. The SMILES string of the molecule is CC(CC#N)N(C)C(=O)C1(C(=O)O)CC1. The average Bonchev–Trinajstić information content (AvgIpc) is 2.96. The number of amides is 1. The Morgan fingerprint density at radius 2 is 2.13 bits per heavy atom. The maximum Gasteiger partial charge on any atom is 0.319 e. The number of nitrogens with zero attached hydrogens (tertiary/aromatic N) is 2. The molecule has 0 spiro atoms. The summed E-state index contributed by atoms with van der Waals surface area (Å²) in [6.07, 6.45) is 1.04. The van der Waals surface area contributed by atoms with E-state index < -0.39 is 11.4 Å². The standard InChI is InChI=1S/C10H14N2O3/c1-7(3-6-11)12(2)8(13)10(4-5-10)9(14)15/h7H,3-5H2,1-2H3,(H,14,15). The Bertz CT molecular complexity index is 328. The fourth-order valence-corrected chi connectivity index (χ4v) is 1.45. The number of rotatable bonds is 4. The fourth-order valence-electron chi connectivity index (χ4n) is 1.45. The summed E-state index contributed by atoms with van der Waals surface area (Å²) in [5.74, 6) is -1.43. The second-order valence-electron chi connectivity index (χ2n) is 4.01. The molecule has 1 amide bonds. The van der Waals surface area contributed by atoms with Crippen molar-refractivity contribution in [2.75, 3.05) is 7.05 Å². The molecule has 1 aliphatic rings. The first-order chi connectivity index (χ1) is 6.95. The number of aliphatic carboxylic acids is 1. The monoisotopic (exact) mass is 210 g/mol. The largest absolute Gasteiger partial charge is 0.480 e. The van der Waals surface area contributed by atoms with Crippen molar-refractivity contribution in [3.8, 4) is 6.07 Å². The molecular weight excluding hydrogens is 196 g/mol. The number of carboxylic acids is 1. The van der Waals surface area contributed by atoms with Gasteiger partial charge in [0, 0.05) is 13.1 Å². The van der Waals surface area contributed by atoms with Crippen LogP contribution in [-0.2, 0) is 9.59 Å². The van der Waals surface area contributed by atoms with Crippen LogP contribution in [0.25, 0.3) is 0 Å². The molecule has 1 atom stereocenters. The molecule has 0 bridgehead atoms. The van der Waals surface area contributed by atoms with Crippen molar-refractivity contribution in [1.29, 1.82) is 5.26 Å². The zero-order valence-corrected chi connectivity index (χ0v) is 8.86. The van der Waals surface area contributed by atoms with Crippen LogP contribution in [0.5, 0.6) is 0 Å². The molecule has 0 aromatic heterocycles. The highest BCUT2D eigenvalue weighted by atomic mass is 16.4. The molecule has 0 heterocycles. The topological polar surface area (TPSA) is 81.4 Å². The highest BCUT2D eigenvalue weighted by molar-refractivity contribution is 6.04. The first-order valence-electron chi connectivity index (χ1n) is 4.83. The lowest BCUT2D eigenvalue weighted by atomic mass is 10.0. The highest BCUT2D eigenvalue weighted by Crippen LogP contribution is 2.47. The highest BCUT2D eigenvalue weighted by Gasteiger charge is 2.58. The van der Waals surface area contributed by atoms with Crippen molar-refractivity contribution in [1.82, 2.24) is 4.90 Å². The van der Waals surface area contributed by atoms with Gasteiger partial charge in [0.25, 0.3) is 0 Å². The minimum Gasteiger partial charge on any atom is -0.480 e. The number of hydrogen-bond acceptors (Lipinski definition) is 3. The summed E-state index contributed by atoms with van der Waals surface area (Å²) >= 11 is 0. The normalized spacial score (nSPS) is 18.7. The van der Waals surface area contributed by atoms with Gasteiger partial charge in [0.1, 0.15) is 5.41 Å². The smallest absolute Gasteiger partial charge is 0.319 e. The van der Waals surface area contributed by atoms with Gasteiger partial charge in [-0.1, -0.05) is 0 Å². The van der Waals surface area contributed by atoms with Gasteiger partial charge in [-0.2, -0.15) is 5.26 Å². The van der Waals surface area contributed by atoms with Crippen molar-refractivity contribution >= 4 is 11.9 Å². The fraction of sp³-hybridized carbons (Fsp3) is 0.700. The van der Waals surface area contributed by atoms with Gasteiger partial charge in [0.05, 0.1) is 12.5 Å². The number of carbonyl (C=O) groups excluding carboxylic acids is 1. The summed E-state index contributed by atoms with van der Waals surface area (Å²) in [4.78, 5) is 24.1. The van der Waals surface area contributed by atoms with E-state index in [0.29, 0.717) is 12.8 Å². The van der Waals surface area contributed by atoms with Crippen LogP contribution >= 0.6 is 0 Å². The van der Waals surface area contributed by atoms with Crippen molar-refractivity contribution < 1.29 is 14.7 Å². The van der Waals surface area contributed by atoms with Gasteiger partial charge < -0.3 is 10.0 Å². The van der Waals surface area contributed by atoms with E-state index in [4.69, 9.17) is 10.4 Å². The van der Waals surface area contributed by atoms with Gasteiger partial charge in [-0.25, -0.2) is 0 Å². The first kappa shape index (κ1) is 11.5. The summed E-state index contributed by atoms with van der Waals surface area (Å²) in [6.45, 7) is 1.74. The lowest BCUT2D eigenvalue weighted by Gasteiger charge is -2.25. The minimum absolute atomic E-state index is 0.220. The second-order valence-corrected chi connectivity index (χ2v) is 4.01. The van der Waals surface area contributed by atoms with Crippen molar-refractivity contribution in [3.63, 3.8) is 0 Å². The van der Waals surface area contributed by atoms with E-state index in [1.54, 1.807) is 14.0 Å². The molecule has 0 aromatic rings. The van der Waals surface area contributed by atoms with Crippen LogP contribution in [0.2, 0.25) is 0 Å². The number of carbonyl (C=O) groups is 2. The molecular formula is C10H14N2O3. The van der Waals surface area contributed by atoms with Crippen molar-refractivity contribution in [2.24, 2.45) is 5.41 Å². The zero-order chi connectivity index (χ0) is 11.6. The quantitative estimate of drug-likeness (QED) is 0.689. The maximum absolute atomic E-state index is 11.8. The van der Waals surface area contributed by atoms with Crippen LogP contribution in [0.15, 0.2) is 0 Å². The van der Waals surface area contributed by atoms with Crippen LogP contribution in [0.3, 0.4) is 0 Å². The lowest BCUT2D eigenvalue weighted by Crippen LogP contribution is -2.43. The van der Waals surface area contributed by atoms with Crippen LogP contribution in [0.1, 0.15) is 26.2 Å². The Hall–Kier alpha value is -1.57. The Balaban J connectivity index is 2.70. The van der Waals surface area contributed by atoms with Crippen molar-refractivity contribution in [3.05, 3.63) is 0 Å². The zero-order valence-electron chi connectivity index (χ0n) is 8.86. The van der Waals surface area contributed by atoms with Crippen LogP contribution in [0, 0.1) is 16.7 Å². The predicted octanol–water partition coefficient (Wildman–Crippen LogP) is 0.612. The molecule has 5 nitrogen and oxygen atoms in total.